The van der Waals surface area contributed by atoms with Crippen LogP contribution in [0, 0.1) is 0 Å². The molecule has 1 rings (SSSR count). The van der Waals surface area contributed by atoms with E-state index in [0.717, 1.165) is 41.8 Å². The molecule has 0 unspecified atom stereocenters. The first-order valence-corrected chi connectivity index (χ1v) is 7.24. The molecule has 0 aliphatic heterocycles. The van der Waals surface area contributed by atoms with Crippen LogP contribution in [0.4, 0.5) is 0 Å². The summed E-state index contributed by atoms with van der Waals surface area (Å²) in [5.74, 6) is 1.52. The zero-order valence-corrected chi connectivity index (χ0v) is 13.1. The normalized spacial score (nSPS) is 10.0. The van der Waals surface area contributed by atoms with Gasteiger partial charge in [-0.2, -0.15) is 0 Å². The highest BCUT2D eigenvalue weighted by molar-refractivity contribution is 6.55. The van der Waals surface area contributed by atoms with Gasteiger partial charge in [0.2, 0.25) is 0 Å². The average Bonchev–Trinajstić information content (AvgIpc) is 2.44. The third-order valence-electron chi connectivity index (χ3n) is 2.76. The molecule has 0 saturated heterocycles. The van der Waals surface area contributed by atoms with Crippen molar-refractivity contribution in [2.24, 2.45) is 0 Å². The van der Waals surface area contributed by atoms with Gasteiger partial charge in [-0.3, -0.25) is 4.79 Å². The SMILES string of the molecule is CCc1cc(OCC=C(Cl)Cl)cc(CC)c1OCC=O. The van der Waals surface area contributed by atoms with Gasteiger partial charge in [-0.25, -0.2) is 0 Å². The molecule has 3 nitrogen and oxygen atoms in total. The number of aryl methyl sites for hydroxylation is 2. The van der Waals surface area contributed by atoms with Crippen molar-refractivity contribution in [3.8, 4) is 11.5 Å². The molecule has 1 aromatic rings. The van der Waals surface area contributed by atoms with Gasteiger partial charge in [-0.15, -0.1) is 0 Å². The summed E-state index contributed by atoms with van der Waals surface area (Å²) in [6.45, 7) is 4.43. The quantitative estimate of drug-likeness (QED) is 0.678. The Bertz CT molecular complexity index is 455. The summed E-state index contributed by atoms with van der Waals surface area (Å²) < 4.78 is 11.3. The van der Waals surface area contributed by atoms with Crippen LogP contribution in [-0.4, -0.2) is 19.5 Å². The Balaban J connectivity index is 2.98. The van der Waals surface area contributed by atoms with E-state index in [1.165, 1.54) is 0 Å². The average molecular weight is 317 g/mol. The van der Waals surface area contributed by atoms with Crippen LogP contribution in [0.3, 0.4) is 0 Å². The monoisotopic (exact) mass is 316 g/mol. The number of hydrogen-bond donors (Lipinski definition) is 0. The number of rotatable bonds is 8. The van der Waals surface area contributed by atoms with E-state index in [2.05, 4.69) is 0 Å². The number of hydrogen-bond acceptors (Lipinski definition) is 3. The van der Waals surface area contributed by atoms with Crippen LogP contribution in [0.1, 0.15) is 25.0 Å². The molecule has 0 aliphatic carbocycles. The molecule has 20 heavy (non-hydrogen) atoms. The van der Waals surface area contributed by atoms with E-state index >= 15 is 0 Å². The van der Waals surface area contributed by atoms with Gasteiger partial charge in [0, 0.05) is 0 Å². The molecule has 110 valence electrons. The number of benzene rings is 1. The highest BCUT2D eigenvalue weighted by atomic mass is 35.5. The van der Waals surface area contributed by atoms with Crippen molar-refractivity contribution in [1.29, 1.82) is 0 Å². The van der Waals surface area contributed by atoms with Crippen LogP contribution in [0.5, 0.6) is 11.5 Å². The first kappa shape index (κ1) is 16.9. The number of aldehydes is 1. The Morgan fingerprint density at radius 2 is 1.70 bits per heavy atom. The van der Waals surface area contributed by atoms with Gasteiger partial charge in [0.05, 0.1) is 0 Å². The Morgan fingerprint density at radius 3 is 2.15 bits per heavy atom. The van der Waals surface area contributed by atoms with Gasteiger partial charge in [0.25, 0.3) is 0 Å². The Morgan fingerprint density at radius 1 is 1.10 bits per heavy atom. The van der Waals surface area contributed by atoms with Crippen molar-refractivity contribution in [2.75, 3.05) is 13.2 Å². The minimum atomic E-state index is 0.0603. The molecule has 0 fully saturated rings. The van der Waals surface area contributed by atoms with Crippen molar-refractivity contribution in [3.05, 3.63) is 33.8 Å². The predicted octanol–water partition coefficient (Wildman–Crippen LogP) is 4.09. The Labute approximate surface area is 129 Å². The van der Waals surface area contributed by atoms with E-state index in [4.69, 9.17) is 32.7 Å². The van der Waals surface area contributed by atoms with E-state index < -0.39 is 0 Å². The summed E-state index contributed by atoms with van der Waals surface area (Å²) in [5.41, 5.74) is 2.03. The third kappa shape index (κ3) is 5.06. The minimum Gasteiger partial charge on any atom is -0.489 e. The lowest BCUT2D eigenvalue weighted by atomic mass is 10.0. The number of carbonyl (C=O) groups excluding carboxylic acids is 1. The number of halogens is 2. The van der Waals surface area contributed by atoms with Crippen molar-refractivity contribution in [2.45, 2.75) is 26.7 Å². The molecule has 5 heteroatoms. The van der Waals surface area contributed by atoms with Crippen LogP contribution in [0.25, 0.3) is 0 Å². The molecule has 1 aromatic carbocycles. The van der Waals surface area contributed by atoms with E-state index in [1.54, 1.807) is 6.08 Å². The van der Waals surface area contributed by atoms with E-state index in [9.17, 15) is 4.79 Å². The largest absolute Gasteiger partial charge is 0.489 e. The fourth-order valence-electron chi connectivity index (χ4n) is 1.83. The summed E-state index contributed by atoms with van der Waals surface area (Å²) in [4.78, 5) is 10.5. The zero-order valence-electron chi connectivity index (χ0n) is 11.6. The van der Waals surface area contributed by atoms with Crippen molar-refractivity contribution in [3.63, 3.8) is 0 Å². The molecular weight excluding hydrogens is 299 g/mol. The van der Waals surface area contributed by atoms with E-state index in [1.807, 2.05) is 26.0 Å². The molecule has 0 radical (unpaired) electrons. The van der Waals surface area contributed by atoms with Gasteiger partial charge >= 0.3 is 0 Å². The second-order valence-electron chi connectivity index (χ2n) is 4.06. The van der Waals surface area contributed by atoms with Gasteiger partial charge in [-0.1, -0.05) is 37.0 Å². The third-order valence-corrected chi connectivity index (χ3v) is 3.07. The highest BCUT2D eigenvalue weighted by Crippen LogP contribution is 2.30. The van der Waals surface area contributed by atoms with Gasteiger partial charge in [0.1, 0.15) is 29.2 Å². The number of carbonyl (C=O) groups is 1. The van der Waals surface area contributed by atoms with Gasteiger partial charge < -0.3 is 9.47 Å². The van der Waals surface area contributed by atoms with Crippen LogP contribution >= 0.6 is 23.2 Å². The van der Waals surface area contributed by atoms with Crippen LogP contribution in [0.2, 0.25) is 0 Å². The summed E-state index contributed by atoms with van der Waals surface area (Å²) in [7, 11) is 0. The molecule has 0 aromatic heterocycles. The summed E-state index contributed by atoms with van der Waals surface area (Å²) in [5, 5.41) is 0. The Hall–Kier alpha value is -1.19. The highest BCUT2D eigenvalue weighted by Gasteiger charge is 2.11. The first-order chi connectivity index (χ1) is 9.62. The number of ether oxygens (including phenoxy) is 2. The molecule has 0 aliphatic rings. The smallest absolute Gasteiger partial charge is 0.157 e. The van der Waals surface area contributed by atoms with Crippen LogP contribution in [0.15, 0.2) is 22.7 Å². The molecular formula is C15H18Cl2O3. The molecule has 0 spiro atoms. The predicted molar refractivity (Wildman–Crippen MR) is 82.0 cm³/mol. The molecule has 0 amide bonds. The molecule has 0 bridgehead atoms. The molecule has 0 heterocycles. The van der Waals surface area contributed by atoms with Gasteiger partial charge in [0.15, 0.2) is 6.29 Å². The maximum atomic E-state index is 10.5. The second-order valence-corrected chi connectivity index (χ2v) is 5.07. The van der Waals surface area contributed by atoms with Crippen LogP contribution in [-0.2, 0) is 17.6 Å². The van der Waals surface area contributed by atoms with E-state index in [-0.39, 0.29) is 11.1 Å². The molecule has 0 saturated carbocycles. The lowest BCUT2D eigenvalue weighted by Gasteiger charge is -2.15. The molecule has 0 atom stereocenters. The topological polar surface area (TPSA) is 35.5 Å². The lowest BCUT2D eigenvalue weighted by molar-refractivity contribution is -0.109. The minimum absolute atomic E-state index is 0.0603. The molecule has 0 N–H and O–H groups in total. The fourth-order valence-corrected chi connectivity index (χ4v) is 1.96. The Kier molecular flexibility index (Phi) is 7.48. The first-order valence-electron chi connectivity index (χ1n) is 6.48. The fraction of sp³-hybridized carbons (Fsp3) is 0.400. The summed E-state index contributed by atoms with van der Waals surface area (Å²) in [6.07, 6.45) is 3.92. The standard InChI is InChI=1S/C15H18Cl2O3/c1-3-11-9-13(19-7-5-14(16)17)10-12(4-2)15(11)20-8-6-18/h5-6,9-10H,3-4,7-8H2,1-2H3. The second kappa shape index (κ2) is 8.88. The maximum absolute atomic E-state index is 10.5. The summed E-state index contributed by atoms with van der Waals surface area (Å²) >= 11 is 11.1. The van der Waals surface area contributed by atoms with Gasteiger partial charge in [-0.05, 0) is 42.2 Å². The van der Waals surface area contributed by atoms with E-state index in [0.29, 0.717) is 6.61 Å². The van der Waals surface area contributed by atoms with Crippen molar-refractivity contribution >= 4 is 29.5 Å². The van der Waals surface area contributed by atoms with Crippen LogP contribution < -0.4 is 9.47 Å². The maximum Gasteiger partial charge on any atom is 0.157 e. The van der Waals surface area contributed by atoms with Crippen molar-refractivity contribution < 1.29 is 14.3 Å². The summed E-state index contributed by atoms with van der Waals surface area (Å²) in [6, 6.07) is 3.82. The van der Waals surface area contributed by atoms with Crippen molar-refractivity contribution in [1.82, 2.24) is 0 Å². The zero-order chi connectivity index (χ0) is 15.0. The lowest BCUT2D eigenvalue weighted by Crippen LogP contribution is -2.05.